The van der Waals surface area contributed by atoms with Gasteiger partial charge in [-0.3, -0.25) is 0 Å². The first-order valence-electron chi connectivity index (χ1n) is 6.08. The zero-order valence-electron chi connectivity index (χ0n) is 9.67. The van der Waals surface area contributed by atoms with Crippen LogP contribution >= 0.6 is 0 Å². The van der Waals surface area contributed by atoms with Gasteiger partial charge in [0.15, 0.2) is 0 Å². The molecule has 0 heterocycles. The number of benzene rings is 2. The van der Waals surface area contributed by atoms with E-state index < -0.39 is 12.2 Å². The summed E-state index contributed by atoms with van der Waals surface area (Å²) in [6.07, 6.45) is -1.23. The SMILES string of the molecule is OC1C2=C(c3ccccc31)C(O)c1ccccc12. The van der Waals surface area contributed by atoms with E-state index in [2.05, 4.69) is 0 Å². The highest BCUT2D eigenvalue weighted by molar-refractivity contribution is 6.04. The fourth-order valence-electron chi connectivity index (χ4n) is 3.15. The molecule has 0 fully saturated rings. The molecule has 0 aromatic heterocycles. The summed E-state index contributed by atoms with van der Waals surface area (Å²) in [7, 11) is 0. The first kappa shape index (κ1) is 10.1. The highest BCUT2D eigenvalue weighted by Crippen LogP contribution is 2.55. The Hall–Kier alpha value is -1.90. The summed E-state index contributed by atoms with van der Waals surface area (Å²) in [5.74, 6) is 0. The molecule has 0 amide bonds. The van der Waals surface area contributed by atoms with Gasteiger partial charge in [-0.2, -0.15) is 0 Å². The summed E-state index contributed by atoms with van der Waals surface area (Å²) in [5.41, 5.74) is 5.50. The van der Waals surface area contributed by atoms with E-state index in [0.717, 1.165) is 33.4 Å². The van der Waals surface area contributed by atoms with Gasteiger partial charge in [0.1, 0.15) is 12.2 Å². The van der Waals surface area contributed by atoms with Crippen molar-refractivity contribution in [1.82, 2.24) is 0 Å². The summed E-state index contributed by atoms with van der Waals surface area (Å²) in [6.45, 7) is 0. The Morgan fingerprint density at radius 1 is 0.611 bits per heavy atom. The zero-order valence-corrected chi connectivity index (χ0v) is 9.67. The van der Waals surface area contributed by atoms with Crippen molar-refractivity contribution in [2.75, 3.05) is 0 Å². The molecule has 0 bridgehead atoms. The van der Waals surface area contributed by atoms with Gasteiger partial charge in [0.2, 0.25) is 0 Å². The first-order valence-corrected chi connectivity index (χ1v) is 6.08. The topological polar surface area (TPSA) is 40.5 Å². The van der Waals surface area contributed by atoms with Crippen molar-refractivity contribution in [1.29, 1.82) is 0 Å². The Bertz CT molecular complexity index is 626. The number of fused-ring (bicyclic) bond motifs is 4. The molecule has 2 aromatic rings. The Labute approximate surface area is 105 Å². The van der Waals surface area contributed by atoms with Crippen LogP contribution in [0.1, 0.15) is 34.5 Å². The van der Waals surface area contributed by atoms with Gasteiger partial charge < -0.3 is 10.2 Å². The van der Waals surface area contributed by atoms with Gasteiger partial charge in [0.25, 0.3) is 0 Å². The number of aliphatic hydroxyl groups is 2. The molecule has 2 aromatic carbocycles. The third-order valence-corrected chi connectivity index (χ3v) is 3.93. The van der Waals surface area contributed by atoms with Crippen LogP contribution in [0.25, 0.3) is 11.1 Å². The molecule has 2 nitrogen and oxygen atoms in total. The smallest absolute Gasteiger partial charge is 0.106 e. The van der Waals surface area contributed by atoms with Crippen LogP contribution < -0.4 is 0 Å². The second-order valence-corrected chi connectivity index (χ2v) is 4.81. The molecular formula is C16H12O2. The lowest BCUT2D eigenvalue weighted by Crippen LogP contribution is -2.00. The second-order valence-electron chi connectivity index (χ2n) is 4.81. The fraction of sp³-hybridized carbons (Fsp3) is 0.125. The summed E-state index contributed by atoms with van der Waals surface area (Å²) < 4.78 is 0. The minimum Gasteiger partial charge on any atom is -0.384 e. The average Bonchev–Trinajstić information content (AvgIpc) is 2.87. The predicted octanol–water partition coefficient (Wildman–Crippen LogP) is 2.69. The van der Waals surface area contributed by atoms with Crippen LogP contribution in [-0.2, 0) is 0 Å². The van der Waals surface area contributed by atoms with Gasteiger partial charge in [-0.15, -0.1) is 0 Å². The van der Waals surface area contributed by atoms with E-state index >= 15 is 0 Å². The van der Waals surface area contributed by atoms with E-state index in [1.54, 1.807) is 0 Å². The van der Waals surface area contributed by atoms with Gasteiger partial charge in [0, 0.05) is 0 Å². The normalized spacial score (nSPS) is 23.9. The first-order chi connectivity index (χ1) is 8.79. The minimum atomic E-state index is -0.616. The molecule has 0 spiro atoms. The van der Waals surface area contributed by atoms with Crippen LogP contribution in [0.2, 0.25) is 0 Å². The second kappa shape index (κ2) is 3.31. The van der Waals surface area contributed by atoms with Crippen LogP contribution in [0.5, 0.6) is 0 Å². The number of hydrogen-bond acceptors (Lipinski definition) is 2. The Morgan fingerprint density at radius 2 is 1.00 bits per heavy atom. The maximum Gasteiger partial charge on any atom is 0.106 e. The van der Waals surface area contributed by atoms with Crippen molar-refractivity contribution in [2.45, 2.75) is 12.2 Å². The van der Waals surface area contributed by atoms with Gasteiger partial charge in [-0.05, 0) is 33.4 Å². The molecule has 2 aliphatic rings. The number of hydrogen-bond donors (Lipinski definition) is 2. The molecule has 0 saturated carbocycles. The third kappa shape index (κ3) is 1.05. The molecule has 88 valence electrons. The summed E-state index contributed by atoms with van der Waals surface area (Å²) in [5, 5.41) is 20.9. The number of rotatable bonds is 0. The molecule has 4 rings (SSSR count). The minimum absolute atomic E-state index is 0.616. The van der Waals surface area contributed by atoms with Crippen molar-refractivity contribution < 1.29 is 10.2 Å². The lowest BCUT2D eigenvalue weighted by Gasteiger charge is -2.13. The Morgan fingerprint density at radius 3 is 1.44 bits per heavy atom. The average molecular weight is 236 g/mol. The lowest BCUT2D eigenvalue weighted by atomic mass is 9.96. The van der Waals surface area contributed by atoms with Crippen molar-refractivity contribution in [3.05, 3.63) is 70.8 Å². The summed E-state index contributed by atoms with van der Waals surface area (Å²) in [4.78, 5) is 0. The van der Waals surface area contributed by atoms with Gasteiger partial charge >= 0.3 is 0 Å². The monoisotopic (exact) mass is 236 g/mol. The van der Waals surface area contributed by atoms with Crippen molar-refractivity contribution in [2.24, 2.45) is 0 Å². The van der Waals surface area contributed by atoms with E-state index in [1.807, 2.05) is 48.5 Å². The molecule has 0 saturated heterocycles. The maximum absolute atomic E-state index is 10.4. The largest absolute Gasteiger partial charge is 0.384 e. The molecule has 2 N–H and O–H groups in total. The van der Waals surface area contributed by atoms with Gasteiger partial charge in [0.05, 0.1) is 0 Å². The van der Waals surface area contributed by atoms with Crippen LogP contribution in [0.3, 0.4) is 0 Å². The van der Waals surface area contributed by atoms with Gasteiger partial charge in [-0.1, -0.05) is 48.5 Å². The maximum atomic E-state index is 10.4. The summed E-state index contributed by atoms with van der Waals surface area (Å²) >= 11 is 0. The highest BCUT2D eigenvalue weighted by atomic mass is 16.3. The third-order valence-electron chi connectivity index (χ3n) is 3.93. The van der Waals surface area contributed by atoms with E-state index in [9.17, 15) is 10.2 Å². The van der Waals surface area contributed by atoms with Gasteiger partial charge in [-0.25, -0.2) is 0 Å². The molecule has 18 heavy (non-hydrogen) atoms. The van der Waals surface area contributed by atoms with E-state index in [0.29, 0.717) is 0 Å². The number of aliphatic hydroxyl groups excluding tert-OH is 2. The van der Waals surface area contributed by atoms with Crippen molar-refractivity contribution >= 4 is 11.1 Å². The molecule has 0 radical (unpaired) electrons. The summed E-state index contributed by atoms with van der Waals surface area (Å²) in [6, 6.07) is 15.5. The van der Waals surface area contributed by atoms with E-state index in [-0.39, 0.29) is 0 Å². The quantitative estimate of drug-likeness (QED) is 0.738. The fourth-order valence-corrected chi connectivity index (χ4v) is 3.15. The van der Waals surface area contributed by atoms with Crippen LogP contribution in [0, 0.1) is 0 Å². The highest BCUT2D eigenvalue weighted by Gasteiger charge is 2.40. The Kier molecular flexibility index (Phi) is 1.85. The van der Waals surface area contributed by atoms with Crippen LogP contribution in [0.15, 0.2) is 48.5 Å². The molecule has 2 heteroatoms. The Balaban J connectivity index is 2.02. The van der Waals surface area contributed by atoms with E-state index in [4.69, 9.17) is 0 Å². The zero-order chi connectivity index (χ0) is 12.3. The van der Waals surface area contributed by atoms with Crippen LogP contribution in [0.4, 0.5) is 0 Å². The molecule has 2 atom stereocenters. The standard InChI is InChI=1S/C16H12O2/c17-15-11-7-3-1-5-9(11)13-14(15)10-6-2-4-8-12(10)16(13)18/h1-8,15-18H. The van der Waals surface area contributed by atoms with Crippen molar-refractivity contribution in [3.8, 4) is 0 Å². The van der Waals surface area contributed by atoms with Crippen molar-refractivity contribution in [3.63, 3.8) is 0 Å². The molecule has 2 aliphatic carbocycles. The molecule has 0 aliphatic heterocycles. The van der Waals surface area contributed by atoms with E-state index in [1.165, 1.54) is 0 Å². The molecule has 2 unspecified atom stereocenters. The molecular weight excluding hydrogens is 224 g/mol. The van der Waals surface area contributed by atoms with Crippen LogP contribution in [-0.4, -0.2) is 10.2 Å². The predicted molar refractivity (Wildman–Crippen MR) is 69.6 cm³/mol. The lowest BCUT2D eigenvalue weighted by molar-refractivity contribution is 0.241.